The Kier molecular flexibility index (Phi) is 6.22. The second-order valence-corrected chi connectivity index (χ2v) is 9.88. The maximum Gasteiger partial charge on any atom is 0.264 e. The summed E-state index contributed by atoms with van der Waals surface area (Å²) in [6, 6.07) is 10.6. The minimum atomic E-state index is -3.76. The molecular formula is C20H22Cl2N2O3S. The Morgan fingerprint density at radius 3 is 2.25 bits per heavy atom. The van der Waals surface area contributed by atoms with Gasteiger partial charge in [0.05, 0.1) is 21.2 Å². The molecule has 0 aromatic heterocycles. The van der Waals surface area contributed by atoms with Gasteiger partial charge in [-0.1, -0.05) is 30.1 Å². The first-order valence-corrected chi connectivity index (χ1v) is 11.2. The van der Waals surface area contributed by atoms with E-state index in [0.717, 1.165) is 17.1 Å². The Labute approximate surface area is 175 Å². The quantitative estimate of drug-likeness (QED) is 0.692. The van der Waals surface area contributed by atoms with Crippen LogP contribution in [0.1, 0.15) is 30.1 Å². The maximum atomic E-state index is 12.8. The molecule has 3 rings (SSSR count). The average Bonchev–Trinajstić information content (AvgIpc) is 2.67. The number of halogens is 2. The molecule has 1 aliphatic heterocycles. The van der Waals surface area contributed by atoms with Crippen LogP contribution in [-0.4, -0.2) is 39.4 Å². The van der Waals surface area contributed by atoms with E-state index in [-0.39, 0.29) is 15.8 Å². The highest BCUT2D eigenvalue weighted by Crippen LogP contribution is 2.29. The van der Waals surface area contributed by atoms with Crippen LogP contribution < -0.4 is 4.31 Å². The third kappa shape index (κ3) is 4.29. The Bertz CT molecular complexity index is 969. The third-order valence-corrected chi connectivity index (χ3v) is 7.45. The molecule has 0 atom stereocenters. The molecule has 1 aliphatic rings. The summed E-state index contributed by atoms with van der Waals surface area (Å²) < 4.78 is 26.8. The largest absolute Gasteiger partial charge is 0.339 e. The number of nitrogens with zero attached hydrogens (tertiary/aromatic N) is 2. The number of piperidine rings is 1. The normalized spacial score (nSPS) is 15.5. The van der Waals surface area contributed by atoms with Crippen molar-refractivity contribution in [1.82, 2.24) is 4.90 Å². The number of carbonyl (C=O) groups excluding carboxylic acids is 1. The van der Waals surface area contributed by atoms with Gasteiger partial charge in [-0.3, -0.25) is 9.10 Å². The summed E-state index contributed by atoms with van der Waals surface area (Å²) in [5.41, 5.74) is 0.765. The van der Waals surface area contributed by atoms with Gasteiger partial charge in [-0.2, -0.15) is 0 Å². The third-order valence-electron chi connectivity index (χ3n) is 5.09. The van der Waals surface area contributed by atoms with Crippen LogP contribution in [-0.2, 0) is 10.0 Å². The number of benzene rings is 2. The summed E-state index contributed by atoms with van der Waals surface area (Å²) in [7, 11) is -2.32. The van der Waals surface area contributed by atoms with E-state index >= 15 is 0 Å². The summed E-state index contributed by atoms with van der Waals surface area (Å²) in [6.07, 6.45) is 1.95. The van der Waals surface area contributed by atoms with Gasteiger partial charge in [0.2, 0.25) is 0 Å². The molecule has 1 amide bonds. The molecule has 0 radical (unpaired) electrons. The van der Waals surface area contributed by atoms with Crippen molar-refractivity contribution in [1.29, 1.82) is 0 Å². The van der Waals surface area contributed by atoms with Crippen LogP contribution in [0.3, 0.4) is 0 Å². The molecule has 0 spiro atoms. The summed E-state index contributed by atoms with van der Waals surface area (Å²) in [5, 5.41) is 0.693. The lowest BCUT2D eigenvalue weighted by Crippen LogP contribution is -2.38. The van der Waals surface area contributed by atoms with Crippen LogP contribution in [0.4, 0.5) is 5.69 Å². The molecule has 28 heavy (non-hydrogen) atoms. The molecule has 2 aromatic rings. The van der Waals surface area contributed by atoms with Crippen molar-refractivity contribution >= 4 is 44.8 Å². The molecule has 1 fully saturated rings. The van der Waals surface area contributed by atoms with Crippen molar-refractivity contribution in [3.05, 3.63) is 58.1 Å². The van der Waals surface area contributed by atoms with Gasteiger partial charge in [0.25, 0.3) is 15.9 Å². The number of anilines is 1. The molecule has 8 heteroatoms. The first-order chi connectivity index (χ1) is 13.2. The second-order valence-electron chi connectivity index (χ2n) is 7.07. The lowest BCUT2D eigenvalue weighted by molar-refractivity contribution is 0.0697. The molecule has 2 aromatic carbocycles. The van der Waals surface area contributed by atoms with Crippen molar-refractivity contribution in [2.24, 2.45) is 5.92 Å². The van der Waals surface area contributed by atoms with Crippen molar-refractivity contribution in [3.8, 4) is 0 Å². The molecule has 1 heterocycles. The average molecular weight is 441 g/mol. The highest BCUT2D eigenvalue weighted by atomic mass is 35.5. The van der Waals surface area contributed by atoms with Gasteiger partial charge in [-0.05, 0) is 61.2 Å². The van der Waals surface area contributed by atoms with Crippen LogP contribution in [0.2, 0.25) is 10.0 Å². The highest BCUT2D eigenvalue weighted by molar-refractivity contribution is 7.92. The Balaban J connectivity index is 1.83. The summed E-state index contributed by atoms with van der Waals surface area (Å²) in [4.78, 5) is 14.7. The molecule has 150 valence electrons. The van der Waals surface area contributed by atoms with Gasteiger partial charge < -0.3 is 4.90 Å². The minimum Gasteiger partial charge on any atom is -0.339 e. The number of hydrogen-bond donors (Lipinski definition) is 0. The molecule has 0 aliphatic carbocycles. The van der Waals surface area contributed by atoms with Gasteiger partial charge >= 0.3 is 0 Å². The number of sulfonamides is 1. The van der Waals surface area contributed by atoms with Crippen molar-refractivity contribution in [2.45, 2.75) is 24.7 Å². The number of likely N-dealkylation sites (tertiary alicyclic amines) is 1. The minimum absolute atomic E-state index is 0.119. The van der Waals surface area contributed by atoms with E-state index in [4.69, 9.17) is 23.2 Å². The second kappa shape index (κ2) is 8.31. The lowest BCUT2D eigenvalue weighted by Gasteiger charge is -2.30. The lowest BCUT2D eigenvalue weighted by atomic mass is 9.98. The van der Waals surface area contributed by atoms with Crippen LogP contribution in [0, 0.1) is 5.92 Å². The van der Waals surface area contributed by atoms with Crippen LogP contribution in [0.25, 0.3) is 0 Å². The SMILES string of the molecule is CC1CCN(C(=O)c2ccc(N(C)S(=O)(=O)c3ccc(Cl)cc3)cc2Cl)CC1. The van der Waals surface area contributed by atoms with E-state index in [0.29, 0.717) is 35.3 Å². The van der Waals surface area contributed by atoms with Crippen LogP contribution in [0.5, 0.6) is 0 Å². The molecule has 1 saturated heterocycles. The van der Waals surface area contributed by atoms with Gasteiger partial charge in [-0.15, -0.1) is 0 Å². The van der Waals surface area contributed by atoms with Gasteiger partial charge in [0.1, 0.15) is 0 Å². The zero-order chi connectivity index (χ0) is 20.5. The van der Waals surface area contributed by atoms with Crippen LogP contribution >= 0.6 is 23.2 Å². The van der Waals surface area contributed by atoms with Crippen molar-refractivity contribution in [2.75, 3.05) is 24.4 Å². The van der Waals surface area contributed by atoms with Crippen molar-refractivity contribution in [3.63, 3.8) is 0 Å². The standard InChI is InChI=1S/C20H22Cl2N2O3S/c1-14-9-11-24(12-10-14)20(25)18-8-5-16(13-19(18)22)23(2)28(26,27)17-6-3-15(21)4-7-17/h3-8,13-14H,9-12H2,1-2H3. The zero-order valence-corrected chi connectivity index (χ0v) is 18.1. The van der Waals surface area contributed by atoms with Gasteiger partial charge in [0, 0.05) is 25.2 Å². The van der Waals surface area contributed by atoms with Gasteiger partial charge in [0.15, 0.2) is 0 Å². The summed E-state index contributed by atoms with van der Waals surface area (Å²) in [6.45, 7) is 3.60. The Hall–Kier alpha value is -1.76. The maximum absolute atomic E-state index is 12.8. The zero-order valence-electron chi connectivity index (χ0n) is 15.7. The Morgan fingerprint density at radius 2 is 1.68 bits per heavy atom. The first kappa shape index (κ1) is 21.0. The van der Waals surface area contributed by atoms with E-state index in [9.17, 15) is 13.2 Å². The molecule has 0 bridgehead atoms. The van der Waals surface area contributed by atoms with Gasteiger partial charge in [-0.25, -0.2) is 8.42 Å². The monoisotopic (exact) mass is 440 g/mol. The molecule has 0 saturated carbocycles. The smallest absolute Gasteiger partial charge is 0.264 e. The highest BCUT2D eigenvalue weighted by Gasteiger charge is 2.25. The number of amides is 1. The number of hydrogen-bond acceptors (Lipinski definition) is 3. The number of rotatable bonds is 4. The summed E-state index contributed by atoms with van der Waals surface area (Å²) in [5.74, 6) is 0.500. The fourth-order valence-corrected chi connectivity index (χ4v) is 4.73. The predicted octanol–water partition coefficient (Wildman–Crippen LogP) is 4.69. The van der Waals surface area contributed by atoms with E-state index < -0.39 is 10.0 Å². The fraction of sp³-hybridized carbons (Fsp3) is 0.350. The van der Waals surface area contributed by atoms with E-state index in [1.165, 1.54) is 37.4 Å². The molecule has 0 unspecified atom stereocenters. The fourth-order valence-electron chi connectivity index (χ4n) is 3.16. The van der Waals surface area contributed by atoms with E-state index in [1.807, 2.05) is 0 Å². The first-order valence-electron chi connectivity index (χ1n) is 9.03. The molecular weight excluding hydrogens is 419 g/mol. The summed E-state index contributed by atoms with van der Waals surface area (Å²) >= 11 is 12.2. The predicted molar refractivity (Wildman–Crippen MR) is 113 cm³/mol. The Morgan fingerprint density at radius 1 is 1.07 bits per heavy atom. The van der Waals surface area contributed by atoms with E-state index in [1.54, 1.807) is 17.0 Å². The van der Waals surface area contributed by atoms with E-state index in [2.05, 4.69) is 6.92 Å². The number of carbonyl (C=O) groups is 1. The molecule has 5 nitrogen and oxygen atoms in total. The topological polar surface area (TPSA) is 57.7 Å². The van der Waals surface area contributed by atoms with Crippen molar-refractivity contribution < 1.29 is 13.2 Å². The molecule has 0 N–H and O–H groups in total. The van der Waals surface area contributed by atoms with Crippen LogP contribution in [0.15, 0.2) is 47.4 Å².